The van der Waals surface area contributed by atoms with E-state index in [2.05, 4.69) is 4.98 Å². The normalized spacial score (nSPS) is 19.7. The molecular formula is C11H13N3O3. The maximum absolute atomic E-state index is 11.7. The molecule has 0 saturated carbocycles. The number of nitrogen functional groups attached to an aromatic ring is 1. The minimum absolute atomic E-state index is 0.0165. The summed E-state index contributed by atoms with van der Waals surface area (Å²) in [4.78, 5) is 28.0. The second kappa shape index (κ2) is 4.04. The molecule has 90 valence electrons. The molecule has 3 N–H and O–H groups in total. The van der Waals surface area contributed by atoms with Gasteiger partial charge in [-0.05, 0) is 19.1 Å². The van der Waals surface area contributed by atoms with Gasteiger partial charge in [0.1, 0.15) is 5.82 Å². The van der Waals surface area contributed by atoms with E-state index in [0.29, 0.717) is 5.69 Å². The van der Waals surface area contributed by atoms with Crippen molar-refractivity contribution in [2.45, 2.75) is 13.3 Å². The first-order chi connectivity index (χ1) is 7.99. The molecule has 17 heavy (non-hydrogen) atoms. The zero-order chi connectivity index (χ0) is 12.6. The number of nitrogens with two attached hydrogens (primary N) is 1. The number of aliphatic carboxylic acids is 1. The van der Waals surface area contributed by atoms with Crippen LogP contribution in [0, 0.1) is 12.8 Å². The molecule has 0 radical (unpaired) electrons. The number of carbonyl (C=O) groups is 2. The molecule has 1 fully saturated rings. The van der Waals surface area contributed by atoms with Gasteiger partial charge in [-0.2, -0.15) is 0 Å². The summed E-state index contributed by atoms with van der Waals surface area (Å²) >= 11 is 0. The van der Waals surface area contributed by atoms with Gasteiger partial charge in [0.15, 0.2) is 0 Å². The number of hydrogen-bond donors (Lipinski definition) is 2. The van der Waals surface area contributed by atoms with Gasteiger partial charge < -0.3 is 15.7 Å². The number of hydrogen-bond acceptors (Lipinski definition) is 4. The van der Waals surface area contributed by atoms with Crippen molar-refractivity contribution < 1.29 is 14.7 Å². The minimum atomic E-state index is -0.959. The Morgan fingerprint density at radius 2 is 2.29 bits per heavy atom. The van der Waals surface area contributed by atoms with Gasteiger partial charge >= 0.3 is 5.97 Å². The van der Waals surface area contributed by atoms with Crippen LogP contribution in [0.5, 0.6) is 0 Å². The molecule has 6 nitrogen and oxygen atoms in total. The third-order valence-electron chi connectivity index (χ3n) is 2.81. The summed E-state index contributed by atoms with van der Waals surface area (Å²) in [5.41, 5.74) is 6.98. The maximum atomic E-state index is 11.7. The highest BCUT2D eigenvalue weighted by Crippen LogP contribution is 2.28. The van der Waals surface area contributed by atoms with Crippen LogP contribution in [0.25, 0.3) is 0 Å². The average Bonchev–Trinajstić information content (AvgIpc) is 2.61. The van der Waals surface area contributed by atoms with Crippen molar-refractivity contribution in [1.29, 1.82) is 0 Å². The van der Waals surface area contributed by atoms with Crippen molar-refractivity contribution >= 4 is 23.4 Å². The number of pyridine rings is 1. The van der Waals surface area contributed by atoms with Gasteiger partial charge in [-0.25, -0.2) is 4.98 Å². The molecular weight excluding hydrogens is 222 g/mol. The molecule has 1 aliphatic rings. The quantitative estimate of drug-likeness (QED) is 0.773. The van der Waals surface area contributed by atoms with Crippen LogP contribution < -0.4 is 10.6 Å². The number of carbonyl (C=O) groups excluding carboxylic acids is 1. The van der Waals surface area contributed by atoms with Crippen LogP contribution in [-0.4, -0.2) is 28.5 Å². The Morgan fingerprint density at radius 1 is 1.59 bits per heavy atom. The van der Waals surface area contributed by atoms with E-state index in [-0.39, 0.29) is 24.7 Å². The molecule has 2 rings (SSSR count). The van der Waals surface area contributed by atoms with Crippen LogP contribution >= 0.6 is 0 Å². The van der Waals surface area contributed by atoms with Gasteiger partial charge in [0.05, 0.1) is 11.6 Å². The fourth-order valence-corrected chi connectivity index (χ4v) is 1.90. The van der Waals surface area contributed by atoms with Crippen molar-refractivity contribution in [3.63, 3.8) is 0 Å². The summed E-state index contributed by atoms with van der Waals surface area (Å²) in [7, 11) is 0. The predicted octanol–water partition coefficient (Wildman–Crippen LogP) is 0.410. The summed E-state index contributed by atoms with van der Waals surface area (Å²) in [6.45, 7) is 1.95. The number of anilines is 2. The summed E-state index contributed by atoms with van der Waals surface area (Å²) in [6, 6.07) is 3.44. The Morgan fingerprint density at radius 3 is 2.82 bits per heavy atom. The van der Waals surface area contributed by atoms with Gasteiger partial charge in [-0.3, -0.25) is 9.59 Å². The molecule has 0 aliphatic carbocycles. The van der Waals surface area contributed by atoms with E-state index >= 15 is 0 Å². The molecule has 0 spiro atoms. The Bertz CT molecular complexity index is 487. The predicted molar refractivity (Wildman–Crippen MR) is 61.5 cm³/mol. The first kappa shape index (κ1) is 11.4. The SMILES string of the molecule is Cc1ccc(N2CC(C(=O)O)CC2=O)c(N)n1. The molecule has 1 unspecified atom stereocenters. The van der Waals surface area contributed by atoms with Crippen LogP contribution in [0.2, 0.25) is 0 Å². The lowest BCUT2D eigenvalue weighted by molar-refractivity contribution is -0.141. The van der Waals surface area contributed by atoms with Crippen LogP contribution in [0.15, 0.2) is 12.1 Å². The average molecular weight is 235 g/mol. The zero-order valence-electron chi connectivity index (χ0n) is 9.38. The van der Waals surface area contributed by atoms with E-state index < -0.39 is 11.9 Å². The zero-order valence-corrected chi connectivity index (χ0v) is 9.38. The van der Waals surface area contributed by atoms with Gasteiger partial charge in [0.2, 0.25) is 5.91 Å². The van der Waals surface area contributed by atoms with Crippen molar-refractivity contribution in [1.82, 2.24) is 4.98 Å². The van der Waals surface area contributed by atoms with Gasteiger partial charge in [-0.15, -0.1) is 0 Å². The molecule has 0 aromatic carbocycles. The second-order valence-electron chi connectivity index (χ2n) is 4.10. The topological polar surface area (TPSA) is 96.5 Å². The highest BCUT2D eigenvalue weighted by atomic mass is 16.4. The van der Waals surface area contributed by atoms with Gasteiger partial charge in [0.25, 0.3) is 0 Å². The van der Waals surface area contributed by atoms with E-state index in [0.717, 1.165) is 5.69 Å². The van der Waals surface area contributed by atoms with E-state index in [4.69, 9.17) is 10.8 Å². The number of aromatic nitrogens is 1. The Hall–Kier alpha value is -2.11. The maximum Gasteiger partial charge on any atom is 0.308 e. The molecule has 6 heteroatoms. The van der Waals surface area contributed by atoms with Crippen molar-refractivity contribution in [3.05, 3.63) is 17.8 Å². The molecule has 1 atom stereocenters. The summed E-state index contributed by atoms with van der Waals surface area (Å²) < 4.78 is 0. The largest absolute Gasteiger partial charge is 0.481 e. The van der Waals surface area contributed by atoms with Crippen molar-refractivity contribution in [2.75, 3.05) is 17.2 Å². The van der Waals surface area contributed by atoms with Crippen LogP contribution in [-0.2, 0) is 9.59 Å². The second-order valence-corrected chi connectivity index (χ2v) is 4.10. The van der Waals surface area contributed by atoms with E-state index in [1.54, 1.807) is 19.1 Å². The monoisotopic (exact) mass is 235 g/mol. The first-order valence-corrected chi connectivity index (χ1v) is 5.25. The lowest BCUT2D eigenvalue weighted by Gasteiger charge is -2.17. The standard InChI is InChI=1S/C11H13N3O3/c1-6-2-3-8(10(12)13-6)14-5-7(11(16)17)4-9(14)15/h2-3,7H,4-5H2,1H3,(H2,12,13)(H,16,17). The highest BCUT2D eigenvalue weighted by Gasteiger charge is 2.35. The van der Waals surface area contributed by atoms with E-state index in [9.17, 15) is 9.59 Å². The van der Waals surface area contributed by atoms with E-state index in [1.165, 1.54) is 4.90 Å². The Labute approximate surface area is 98.1 Å². The van der Waals surface area contributed by atoms with E-state index in [1.807, 2.05) is 0 Å². The summed E-state index contributed by atoms with van der Waals surface area (Å²) in [6.07, 6.45) is 0.0165. The fourth-order valence-electron chi connectivity index (χ4n) is 1.90. The summed E-state index contributed by atoms with van der Waals surface area (Å²) in [5.74, 6) is -1.60. The minimum Gasteiger partial charge on any atom is -0.481 e. The molecule has 2 heterocycles. The van der Waals surface area contributed by atoms with Gasteiger partial charge in [-0.1, -0.05) is 0 Å². The number of carboxylic acid groups (broad SMARTS) is 1. The van der Waals surface area contributed by atoms with Crippen LogP contribution in [0.1, 0.15) is 12.1 Å². The number of carboxylic acids is 1. The smallest absolute Gasteiger partial charge is 0.308 e. The lowest BCUT2D eigenvalue weighted by Crippen LogP contribution is -2.27. The molecule has 1 saturated heterocycles. The molecule has 1 aliphatic heterocycles. The number of amides is 1. The molecule has 1 aromatic rings. The highest BCUT2D eigenvalue weighted by molar-refractivity contribution is 6.00. The number of rotatable bonds is 2. The molecule has 1 amide bonds. The Kier molecular flexibility index (Phi) is 2.71. The Balaban J connectivity index is 2.29. The van der Waals surface area contributed by atoms with Crippen molar-refractivity contribution in [3.8, 4) is 0 Å². The van der Waals surface area contributed by atoms with Crippen LogP contribution in [0.4, 0.5) is 11.5 Å². The molecule has 1 aromatic heterocycles. The van der Waals surface area contributed by atoms with Gasteiger partial charge in [0, 0.05) is 18.7 Å². The first-order valence-electron chi connectivity index (χ1n) is 5.25. The van der Waals surface area contributed by atoms with Crippen molar-refractivity contribution in [2.24, 2.45) is 5.92 Å². The van der Waals surface area contributed by atoms with Crippen LogP contribution in [0.3, 0.4) is 0 Å². The third-order valence-corrected chi connectivity index (χ3v) is 2.81. The third kappa shape index (κ3) is 2.06. The number of aryl methyl sites for hydroxylation is 1. The lowest BCUT2D eigenvalue weighted by atomic mass is 10.1. The fraction of sp³-hybridized carbons (Fsp3) is 0.364. The molecule has 0 bridgehead atoms. The number of nitrogens with zero attached hydrogens (tertiary/aromatic N) is 2. The summed E-state index contributed by atoms with van der Waals surface area (Å²) in [5, 5.41) is 8.88.